The van der Waals surface area contributed by atoms with E-state index in [4.69, 9.17) is 4.74 Å². The molecule has 1 amide bonds. The highest BCUT2D eigenvalue weighted by atomic mass is 16.5. The van der Waals surface area contributed by atoms with Crippen LogP contribution in [0.1, 0.15) is 30.9 Å². The van der Waals surface area contributed by atoms with Crippen molar-refractivity contribution in [2.24, 2.45) is 5.92 Å². The van der Waals surface area contributed by atoms with Crippen molar-refractivity contribution < 1.29 is 9.53 Å². The van der Waals surface area contributed by atoms with Crippen LogP contribution in [0.2, 0.25) is 0 Å². The summed E-state index contributed by atoms with van der Waals surface area (Å²) in [4.78, 5) is 11.7. The molecule has 1 unspecified atom stereocenters. The Bertz CT molecular complexity index is 466. The van der Waals surface area contributed by atoms with Gasteiger partial charge in [-0.15, -0.1) is 0 Å². The molecule has 1 N–H and O–H groups in total. The predicted molar refractivity (Wildman–Crippen MR) is 69.7 cm³/mol. The average Bonchev–Trinajstić information content (AvgIpc) is 3.08. The van der Waals surface area contributed by atoms with E-state index in [1.807, 2.05) is 6.07 Å². The highest BCUT2D eigenvalue weighted by molar-refractivity contribution is 5.81. The van der Waals surface area contributed by atoms with Crippen LogP contribution < -0.4 is 10.1 Å². The van der Waals surface area contributed by atoms with Gasteiger partial charge in [0, 0.05) is 18.4 Å². The molecule has 1 aliphatic carbocycles. The summed E-state index contributed by atoms with van der Waals surface area (Å²) >= 11 is 0. The second-order valence-electron chi connectivity index (χ2n) is 5.43. The number of hydrogen-bond donors (Lipinski definition) is 1. The first-order valence-electron chi connectivity index (χ1n) is 6.77. The molecule has 96 valence electrons. The quantitative estimate of drug-likeness (QED) is 0.882. The molecule has 1 aromatic rings. The van der Waals surface area contributed by atoms with Crippen molar-refractivity contribution in [2.45, 2.75) is 38.6 Å². The molecule has 3 rings (SSSR count). The Labute approximate surface area is 108 Å². The molecule has 3 heteroatoms. The first kappa shape index (κ1) is 11.6. The van der Waals surface area contributed by atoms with Crippen LogP contribution in [0.4, 0.5) is 0 Å². The fourth-order valence-electron chi connectivity index (χ4n) is 2.48. The molecule has 18 heavy (non-hydrogen) atoms. The summed E-state index contributed by atoms with van der Waals surface area (Å²) in [7, 11) is 0. The average molecular weight is 245 g/mol. The van der Waals surface area contributed by atoms with Crippen molar-refractivity contribution in [1.29, 1.82) is 0 Å². The zero-order chi connectivity index (χ0) is 12.5. The van der Waals surface area contributed by atoms with Gasteiger partial charge in [-0.3, -0.25) is 4.79 Å². The molecule has 0 spiro atoms. The van der Waals surface area contributed by atoms with Gasteiger partial charge in [-0.1, -0.05) is 12.1 Å². The summed E-state index contributed by atoms with van der Waals surface area (Å²) in [5.41, 5.74) is 2.58. The van der Waals surface area contributed by atoms with Gasteiger partial charge in [-0.05, 0) is 43.4 Å². The molecule has 1 heterocycles. The molecule has 0 aromatic heterocycles. The smallest absolute Gasteiger partial charge is 0.223 e. The molecule has 1 fully saturated rings. The molecule has 0 saturated heterocycles. The second-order valence-corrected chi connectivity index (χ2v) is 5.43. The minimum Gasteiger partial charge on any atom is -0.493 e. The summed E-state index contributed by atoms with van der Waals surface area (Å²) in [6.07, 6.45) is 4.03. The van der Waals surface area contributed by atoms with Crippen molar-refractivity contribution >= 4 is 5.91 Å². The number of carbonyl (C=O) groups excluding carboxylic acids is 1. The zero-order valence-corrected chi connectivity index (χ0v) is 10.7. The van der Waals surface area contributed by atoms with Crippen molar-refractivity contribution in [3.8, 4) is 5.75 Å². The Balaban J connectivity index is 1.59. The lowest BCUT2D eigenvalue weighted by Crippen LogP contribution is -2.35. The third kappa shape index (κ3) is 2.50. The summed E-state index contributed by atoms with van der Waals surface area (Å²) < 4.78 is 5.49. The summed E-state index contributed by atoms with van der Waals surface area (Å²) in [5, 5.41) is 3.09. The number of fused-ring (bicyclic) bond motifs is 1. The lowest BCUT2D eigenvalue weighted by molar-refractivity contribution is -0.122. The van der Waals surface area contributed by atoms with Crippen LogP contribution in [0.3, 0.4) is 0 Å². The van der Waals surface area contributed by atoms with E-state index in [2.05, 4.69) is 24.4 Å². The SMILES string of the molecule is CC(Cc1ccc2c(c1)CCO2)NC(=O)C1CC1. The van der Waals surface area contributed by atoms with Crippen LogP contribution >= 0.6 is 0 Å². The number of amides is 1. The number of hydrogen-bond acceptors (Lipinski definition) is 2. The summed E-state index contributed by atoms with van der Waals surface area (Å²) in [6, 6.07) is 6.57. The highest BCUT2D eigenvalue weighted by Gasteiger charge is 2.30. The molecule has 1 saturated carbocycles. The minimum absolute atomic E-state index is 0.207. The Morgan fingerprint density at radius 1 is 1.50 bits per heavy atom. The van der Waals surface area contributed by atoms with E-state index in [1.54, 1.807) is 0 Å². The number of ether oxygens (including phenoxy) is 1. The van der Waals surface area contributed by atoms with Gasteiger partial charge < -0.3 is 10.1 Å². The largest absolute Gasteiger partial charge is 0.493 e. The number of rotatable bonds is 4. The first-order valence-corrected chi connectivity index (χ1v) is 6.77. The predicted octanol–water partition coefficient (Wildman–Crippen LogP) is 2.08. The van der Waals surface area contributed by atoms with E-state index in [9.17, 15) is 4.79 Å². The third-order valence-electron chi connectivity index (χ3n) is 3.63. The van der Waals surface area contributed by atoms with Gasteiger partial charge in [-0.2, -0.15) is 0 Å². The maximum Gasteiger partial charge on any atom is 0.223 e. The first-order chi connectivity index (χ1) is 8.72. The fraction of sp³-hybridized carbons (Fsp3) is 0.533. The molecule has 2 aliphatic rings. The molecular formula is C15H19NO2. The number of benzene rings is 1. The Morgan fingerprint density at radius 3 is 3.11 bits per heavy atom. The van der Waals surface area contributed by atoms with Gasteiger partial charge in [0.1, 0.15) is 5.75 Å². The maximum atomic E-state index is 11.7. The molecule has 3 nitrogen and oxygen atoms in total. The fourth-order valence-corrected chi connectivity index (χ4v) is 2.48. The van der Waals surface area contributed by atoms with Crippen LogP contribution in [-0.2, 0) is 17.6 Å². The molecule has 1 atom stereocenters. The van der Waals surface area contributed by atoms with Crippen molar-refractivity contribution in [3.63, 3.8) is 0 Å². The van der Waals surface area contributed by atoms with Gasteiger partial charge in [0.25, 0.3) is 0 Å². The van der Waals surface area contributed by atoms with Crippen LogP contribution in [0.15, 0.2) is 18.2 Å². The van der Waals surface area contributed by atoms with Crippen LogP contribution in [0, 0.1) is 5.92 Å². The van der Waals surface area contributed by atoms with E-state index in [1.165, 1.54) is 11.1 Å². The van der Waals surface area contributed by atoms with Gasteiger partial charge in [0.15, 0.2) is 0 Å². The molecule has 1 aliphatic heterocycles. The Hall–Kier alpha value is -1.51. The van der Waals surface area contributed by atoms with Crippen molar-refractivity contribution in [1.82, 2.24) is 5.32 Å². The van der Waals surface area contributed by atoms with E-state index >= 15 is 0 Å². The lowest BCUT2D eigenvalue weighted by atomic mass is 10.0. The number of nitrogens with one attached hydrogen (secondary N) is 1. The van der Waals surface area contributed by atoms with Crippen LogP contribution in [0.5, 0.6) is 5.75 Å². The van der Waals surface area contributed by atoms with Crippen molar-refractivity contribution in [3.05, 3.63) is 29.3 Å². The van der Waals surface area contributed by atoms with Gasteiger partial charge >= 0.3 is 0 Å². The minimum atomic E-state index is 0.207. The van der Waals surface area contributed by atoms with Gasteiger partial charge in [0.2, 0.25) is 5.91 Å². The van der Waals surface area contributed by atoms with Crippen LogP contribution in [-0.4, -0.2) is 18.6 Å². The molecular weight excluding hydrogens is 226 g/mol. The molecule has 1 aromatic carbocycles. The van der Waals surface area contributed by atoms with Crippen molar-refractivity contribution in [2.75, 3.05) is 6.61 Å². The monoisotopic (exact) mass is 245 g/mol. The summed E-state index contributed by atoms with van der Waals surface area (Å²) in [5.74, 6) is 1.54. The van der Waals surface area contributed by atoms with Gasteiger partial charge in [-0.25, -0.2) is 0 Å². The Kier molecular flexibility index (Phi) is 2.98. The second kappa shape index (κ2) is 4.63. The molecule has 0 bridgehead atoms. The van der Waals surface area contributed by atoms with E-state index < -0.39 is 0 Å². The normalized spacial score (nSPS) is 18.9. The Morgan fingerprint density at radius 2 is 2.33 bits per heavy atom. The van der Waals surface area contributed by atoms with Gasteiger partial charge in [0.05, 0.1) is 6.61 Å². The topological polar surface area (TPSA) is 38.3 Å². The third-order valence-corrected chi connectivity index (χ3v) is 3.63. The lowest BCUT2D eigenvalue weighted by Gasteiger charge is -2.14. The van der Waals surface area contributed by atoms with Crippen LogP contribution in [0.25, 0.3) is 0 Å². The summed E-state index contributed by atoms with van der Waals surface area (Å²) in [6.45, 7) is 2.87. The highest BCUT2D eigenvalue weighted by Crippen LogP contribution is 2.29. The van der Waals surface area contributed by atoms with E-state index in [0.29, 0.717) is 5.92 Å². The standard InChI is InChI=1S/C15H19NO2/c1-10(16-15(17)12-3-4-12)8-11-2-5-14-13(9-11)6-7-18-14/h2,5,9-10,12H,3-4,6-8H2,1H3,(H,16,17). The maximum absolute atomic E-state index is 11.7. The zero-order valence-electron chi connectivity index (χ0n) is 10.7. The van der Waals surface area contributed by atoms with E-state index in [-0.39, 0.29) is 11.9 Å². The van der Waals surface area contributed by atoms with E-state index in [0.717, 1.165) is 38.0 Å². The number of carbonyl (C=O) groups is 1. The molecule has 0 radical (unpaired) electrons.